The summed E-state index contributed by atoms with van der Waals surface area (Å²) < 4.78 is 37.3. The van der Waals surface area contributed by atoms with Gasteiger partial charge in [0.25, 0.3) is 0 Å². The molecule has 0 spiro atoms. The third-order valence-corrected chi connectivity index (χ3v) is 3.78. The Hall–Kier alpha value is -2.06. The summed E-state index contributed by atoms with van der Waals surface area (Å²) in [7, 11) is 0. The highest BCUT2D eigenvalue weighted by Gasteiger charge is 2.31. The van der Waals surface area contributed by atoms with Crippen molar-refractivity contribution in [1.29, 1.82) is 0 Å². The summed E-state index contributed by atoms with van der Waals surface area (Å²) in [5.74, 6) is 0.206. The first-order chi connectivity index (χ1) is 11.7. The van der Waals surface area contributed by atoms with E-state index in [1.807, 2.05) is 6.92 Å². The van der Waals surface area contributed by atoms with Crippen LogP contribution in [-0.2, 0) is 12.7 Å². The number of hydrogen-bond acceptors (Lipinski definition) is 3. The molecule has 0 saturated carbocycles. The fraction of sp³-hybridized carbons (Fsp3) is 0.267. The smallest absolute Gasteiger partial charge is 0.370 e. The van der Waals surface area contributed by atoms with Crippen LogP contribution in [0, 0.1) is 0 Å². The SMILES string of the molecule is CC(NC(N)=NCc1ncc(C(F)(F)F)cn1)c1ccc(Cl)cc1Cl. The van der Waals surface area contributed by atoms with Gasteiger partial charge in [0.05, 0.1) is 11.6 Å². The van der Waals surface area contributed by atoms with Crippen molar-refractivity contribution in [1.82, 2.24) is 15.3 Å². The van der Waals surface area contributed by atoms with Crippen molar-refractivity contribution in [3.8, 4) is 0 Å². The van der Waals surface area contributed by atoms with Crippen LogP contribution in [0.2, 0.25) is 10.0 Å². The second-order valence-corrected chi connectivity index (χ2v) is 5.96. The molecule has 0 fully saturated rings. The van der Waals surface area contributed by atoms with Gasteiger partial charge in [-0.05, 0) is 24.6 Å². The summed E-state index contributed by atoms with van der Waals surface area (Å²) >= 11 is 12.0. The average molecular weight is 392 g/mol. The van der Waals surface area contributed by atoms with Gasteiger partial charge in [0.1, 0.15) is 12.4 Å². The Balaban J connectivity index is 1.99. The van der Waals surface area contributed by atoms with Gasteiger partial charge in [-0.2, -0.15) is 13.2 Å². The summed E-state index contributed by atoms with van der Waals surface area (Å²) in [5, 5.41) is 3.92. The topological polar surface area (TPSA) is 76.2 Å². The zero-order valence-electron chi connectivity index (χ0n) is 13.0. The van der Waals surface area contributed by atoms with E-state index < -0.39 is 11.7 Å². The van der Waals surface area contributed by atoms with Gasteiger partial charge in [-0.3, -0.25) is 0 Å². The minimum absolute atomic E-state index is 0.0575. The van der Waals surface area contributed by atoms with Crippen LogP contribution in [0.4, 0.5) is 13.2 Å². The monoisotopic (exact) mass is 391 g/mol. The normalized spacial score (nSPS) is 13.6. The Kier molecular flexibility index (Phi) is 6.07. The number of nitrogens with two attached hydrogens (primary N) is 1. The number of benzene rings is 1. The maximum atomic E-state index is 12.4. The predicted octanol–water partition coefficient (Wildman–Crippen LogP) is 3.97. The van der Waals surface area contributed by atoms with Gasteiger partial charge in [-0.15, -0.1) is 0 Å². The van der Waals surface area contributed by atoms with Crippen LogP contribution in [0.5, 0.6) is 0 Å². The van der Waals surface area contributed by atoms with Crippen molar-refractivity contribution in [2.24, 2.45) is 10.7 Å². The highest BCUT2D eigenvalue weighted by atomic mass is 35.5. The molecule has 0 aliphatic heterocycles. The molecule has 25 heavy (non-hydrogen) atoms. The van der Waals surface area contributed by atoms with E-state index in [-0.39, 0.29) is 24.4 Å². The molecule has 0 bridgehead atoms. The Morgan fingerprint density at radius 3 is 2.48 bits per heavy atom. The largest absolute Gasteiger partial charge is 0.419 e. The fourth-order valence-electron chi connectivity index (χ4n) is 1.94. The molecule has 1 heterocycles. The van der Waals surface area contributed by atoms with Crippen LogP contribution >= 0.6 is 23.2 Å². The predicted molar refractivity (Wildman–Crippen MR) is 90.4 cm³/mol. The highest BCUT2D eigenvalue weighted by molar-refractivity contribution is 6.35. The maximum Gasteiger partial charge on any atom is 0.419 e. The Morgan fingerprint density at radius 1 is 1.28 bits per heavy atom. The zero-order chi connectivity index (χ0) is 18.6. The molecular weight excluding hydrogens is 378 g/mol. The van der Waals surface area contributed by atoms with Crippen molar-refractivity contribution in [3.63, 3.8) is 0 Å². The summed E-state index contributed by atoms with van der Waals surface area (Å²) in [6.45, 7) is 1.77. The van der Waals surface area contributed by atoms with Crippen molar-refractivity contribution < 1.29 is 13.2 Å². The quantitative estimate of drug-likeness (QED) is 0.610. The molecule has 134 valence electrons. The number of halogens is 5. The van der Waals surface area contributed by atoms with E-state index >= 15 is 0 Å². The van der Waals surface area contributed by atoms with Gasteiger partial charge in [-0.25, -0.2) is 15.0 Å². The van der Waals surface area contributed by atoms with E-state index in [0.29, 0.717) is 22.4 Å². The van der Waals surface area contributed by atoms with E-state index in [9.17, 15) is 13.2 Å². The molecule has 1 unspecified atom stereocenters. The van der Waals surface area contributed by atoms with Gasteiger partial charge in [-0.1, -0.05) is 29.3 Å². The lowest BCUT2D eigenvalue weighted by Crippen LogP contribution is -2.34. The molecule has 0 radical (unpaired) electrons. The van der Waals surface area contributed by atoms with Crippen LogP contribution in [0.1, 0.15) is 29.9 Å². The standard InChI is InChI=1S/C15H14Cl2F3N5/c1-8(11-3-2-10(16)4-12(11)17)25-14(21)24-7-13-22-5-9(6-23-13)15(18,19)20/h2-6,8H,7H2,1H3,(H3,21,24,25). The Bertz CT molecular complexity index is 763. The number of aromatic nitrogens is 2. The molecule has 0 amide bonds. The third kappa shape index (κ3) is 5.47. The van der Waals surface area contributed by atoms with Crippen molar-refractivity contribution in [2.45, 2.75) is 25.7 Å². The number of hydrogen-bond donors (Lipinski definition) is 2. The van der Waals surface area contributed by atoms with E-state index in [4.69, 9.17) is 28.9 Å². The van der Waals surface area contributed by atoms with Gasteiger partial charge < -0.3 is 11.1 Å². The summed E-state index contributed by atoms with van der Waals surface area (Å²) in [5.41, 5.74) is 5.63. The van der Waals surface area contributed by atoms with Crippen LogP contribution in [0.15, 0.2) is 35.6 Å². The lowest BCUT2D eigenvalue weighted by molar-refractivity contribution is -0.138. The van der Waals surface area contributed by atoms with Crippen molar-refractivity contribution in [3.05, 3.63) is 57.6 Å². The summed E-state index contributed by atoms with van der Waals surface area (Å²) in [4.78, 5) is 11.2. The molecule has 0 aliphatic carbocycles. The third-order valence-electron chi connectivity index (χ3n) is 3.22. The summed E-state index contributed by atoms with van der Waals surface area (Å²) in [6, 6.07) is 4.82. The minimum Gasteiger partial charge on any atom is -0.370 e. The molecule has 5 nitrogen and oxygen atoms in total. The molecule has 0 saturated heterocycles. The molecule has 1 aromatic carbocycles. The van der Waals surface area contributed by atoms with E-state index in [1.54, 1.807) is 18.2 Å². The average Bonchev–Trinajstić information content (AvgIpc) is 2.52. The first kappa shape index (κ1) is 19.3. The molecule has 1 atom stereocenters. The zero-order valence-corrected chi connectivity index (χ0v) is 14.5. The first-order valence-electron chi connectivity index (χ1n) is 7.06. The fourth-order valence-corrected chi connectivity index (χ4v) is 2.51. The maximum absolute atomic E-state index is 12.4. The molecule has 0 aliphatic rings. The molecule has 10 heteroatoms. The number of nitrogens with one attached hydrogen (secondary N) is 1. The minimum atomic E-state index is -4.48. The van der Waals surface area contributed by atoms with E-state index in [2.05, 4.69) is 20.3 Å². The highest BCUT2D eigenvalue weighted by Crippen LogP contribution is 2.28. The molecular formula is C15H14Cl2F3N5. The molecule has 1 aromatic heterocycles. The number of alkyl halides is 3. The van der Waals surface area contributed by atoms with Crippen LogP contribution in [0.25, 0.3) is 0 Å². The number of rotatable bonds is 4. The van der Waals surface area contributed by atoms with Crippen LogP contribution in [0.3, 0.4) is 0 Å². The number of aliphatic imine (C=N–C) groups is 1. The number of guanidine groups is 1. The van der Waals surface area contributed by atoms with Gasteiger partial charge >= 0.3 is 6.18 Å². The molecule has 2 aromatic rings. The molecule has 3 N–H and O–H groups in total. The summed E-state index contributed by atoms with van der Waals surface area (Å²) in [6.07, 6.45) is -3.06. The Morgan fingerprint density at radius 2 is 1.92 bits per heavy atom. The lowest BCUT2D eigenvalue weighted by Gasteiger charge is -2.16. The van der Waals surface area contributed by atoms with Crippen molar-refractivity contribution >= 4 is 29.2 Å². The van der Waals surface area contributed by atoms with Gasteiger partial charge in [0, 0.05) is 22.4 Å². The van der Waals surface area contributed by atoms with Gasteiger partial charge in [0.15, 0.2) is 5.96 Å². The first-order valence-corrected chi connectivity index (χ1v) is 7.82. The van der Waals surface area contributed by atoms with E-state index in [1.165, 1.54) is 0 Å². The molecule has 2 rings (SSSR count). The van der Waals surface area contributed by atoms with Gasteiger partial charge in [0.2, 0.25) is 0 Å². The van der Waals surface area contributed by atoms with Crippen LogP contribution in [-0.4, -0.2) is 15.9 Å². The second-order valence-electron chi connectivity index (χ2n) is 5.12. The van der Waals surface area contributed by atoms with E-state index in [0.717, 1.165) is 5.56 Å². The van der Waals surface area contributed by atoms with Crippen molar-refractivity contribution in [2.75, 3.05) is 0 Å². The Labute approximate surface area is 152 Å². The van der Waals surface area contributed by atoms with Crippen LogP contribution < -0.4 is 11.1 Å². The lowest BCUT2D eigenvalue weighted by atomic mass is 10.1. The second kappa shape index (κ2) is 7.88. The number of nitrogens with zero attached hydrogens (tertiary/aromatic N) is 3.